The van der Waals surface area contributed by atoms with Crippen LogP contribution >= 0.6 is 0 Å². The first-order valence-corrected chi connectivity index (χ1v) is 9.10. The number of carboxylic acid groups (broad SMARTS) is 1. The van der Waals surface area contributed by atoms with Crippen LogP contribution in [-0.4, -0.2) is 88.2 Å². The molecule has 0 radical (unpaired) electrons. The smallest absolute Gasteiger partial charge is 0.326 e. The summed E-state index contributed by atoms with van der Waals surface area (Å²) in [5.74, 6) is -6.07. The first kappa shape index (κ1) is 27.7. The summed E-state index contributed by atoms with van der Waals surface area (Å²) in [5, 5.41) is 33.7. The van der Waals surface area contributed by atoms with Gasteiger partial charge in [-0.3, -0.25) is 24.0 Å². The number of hydrogen-bond acceptors (Lipinski definition) is 9. The maximum absolute atomic E-state index is 12.5. The van der Waals surface area contributed by atoms with Crippen molar-refractivity contribution < 1.29 is 44.1 Å². The van der Waals surface area contributed by atoms with Crippen LogP contribution in [0.2, 0.25) is 0 Å². The Labute approximate surface area is 176 Å². The summed E-state index contributed by atoms with van der Waals surface area (Å²) in [6, 6.07) is -5.90. The van der Waals surface area contributed by atoms with Crippen LogP contribution in [0.4, 0.5) is 0 Å². The number of nitrogens with one attached hydrogen (secondary N) is 3. The predicted molar refractivity (Wildman–Crippen MR) is 102 cm³/mol. The Morgan fingerprint density at radius 2 is 1.10 bits per heavy atom. The van der Waals surface area contributed by atoms with Gasteiger partial charge in [-0.15, -0.1) is 0 Å². The van der Waals surface area contributed by atoms with Gasteiger partial charge in [0, 0.05) is 12.8 Å². The average molecular weight is 448 g/mol. The lowest BCUT2D eigenvalue weighted by Gasteiger charge is -2.24. The van der Waals surface area contributed by atoms with E-state index in [0.717, 1.165) is 0 Å². The third-order valence-electron chi connectivity index (χ3n) is 3.96. The van der Waals surface area contributed by atoms with Crippen molar-refractivity contribution >= 4 is 35.5 Å². The molecule has 0 aromatic rings. The largest absolute Gasteiger partial charge is 0.480 e. The van der Waals surface area contributed by atoms with E-state index in [0.29, 0.717) is 0 Å². The van der Waals surface area contributed by atoms with Crippen LogP contribution in [0.1, 0.15) is 25.7 Å². The molecule has 0 aromatic carbocycles. The molecule has 12 N–H and O–H groups in total. The van der Waals surface area contributed by atoms with E-state index in [1.807, 2.05) is 0 Å². The fourth-order valence-electron chi connectivity index (χ4n) is 2.20. The normalized spacial score (nSPS) is 14.4. The molecule has 0 rings (SSSR count). The van der Waals surface area contributed by atoms with Crippen LogP contribution < -0.4 is 33.2 Å². The number of aliphatic hydroxyl groups is 2. The monoisotopic (exact) mass is 448 g/mol. The van der Waals surface area contributed by atoms with E-state index in [4.69, 9.17) is 22.3 Å². The fourth-order valence-corrected chi connectivity index (χ4v) is 2.20. The van der Waals surface area contributed by atoms with Crippen LogP contribution in [0, 0.1) is 0 Å². The number of carboxylic acids is 1. The first-order chi connectivity index (χ1) is 14.4. The van der Waals surface area contributed by atoms with E-state index in [2.05, 4.69) is 16.0 Å². The van der Waals surface area contributed by atoms with Crippen LogP contribution in [0.25, 0.3) is 0 Å². The predicted octanol–water partition coefficient (Wildman–Crippen LogP) is -5.63. The molecular formula is C16H28N6O9. The number of carbonyl (C=O) groups excluding carboxylic acids is 5. The minimum absolute atomic E-state index is 0.318. The molecule has 15 nitrogen and oxygen atoms in total. The molecule has 31 heavy (non-hydrogen) atoms. The van der Waals surface area contributed by atoms with Crippen molar-refractivity contribution in [3.05, 3.63) is 0 Å². The lowest BCUT2D eigenvalue weighted by atomic mass is 10.1. The zero-order chi connectivity index (χ0) is 24.1. The molecule has 4 unspecified atom stereocenters. The van der Waals surface area contributed by atoms with Crippen LogP contribution in [0.15, 0.2) is 0 Å². The van der Waals surface area contributed by atoms with Crippen molar-refractivity contribution in [2.45, 2.75) is 49.9 Å². The van der Waals surface area contributed by atoms with E-state index in [1.54, 1.807) is 0 Å². The second-order valence-electron chi connectivity index (χ2n) is 6.50. The number of primary amides is 2. The number of amides is 5. The molecule has 0 spiro atoms. The minimum atomic E-state index is -1.56. The summed E-state index contributed by atoms with van der Waals surface area (Å²) in [6.07, 6.45) is -1.33. The van der Waals surface area contributed by atoms with Crippen molar-refractivity contribution in [2.24, 2.45) is 17.2 Å². The van der Waals surface area contributed by atoms with Gasteiger partial charge in [0.15, 0.2) is 0 Å². The lowest BCUT2D eigenvalue weighted by Crippen LogP contribution is -2.58. The standard InChI is InChI=1S/C16H28N6O9/c17-7(5-23)13(27)22-10(6-24)15(29)20-8(1-3-11(18)25)14(28)21-9(16(30)31)2-4-12(19)26/h7-10,23-24H,1-6,17H2,(H2,18,25)(H2,19,26)(H,20,29)(H,21,28)(H,22,27)(H,30,31). The molecule has 0 aliphatic heterocycles. The summed E-state index contributed by atoms with van der Waals surface area (Å²) < 4.78 is 0. The van der Waals surface area contributed by atoms with Gasteiger partial charge in [0.1, 0.15) is 24.2 Å². The lowest BCUT2D eigenvalue weighted by molar-refractivity contribution is -0.143. The van der Waals surface area contributed by atoms with Gasteiger partial charge in [0.05, 0.1) is 13.2 Å². The molecule has 0 saturated heterocycles. The average Bonchev–Trinajstić information content (AvgIpc) is 2.70. The van der Waals surface area contributed by atoms with Crippen molar-refractivity contribution in [1.82, 2.24) is 16.0 Å². The van der Waals surface area contributed by atoms with Crippen LogP contribution in [0.3, 0.4) is 0 Å². The molecule has 0 aliphatic carbocycles. The third kappa shape index (κ3) is 10.9. The summed E-state index contributed by atoms with van der Waals surface area (Å²) >= 11 is 0. The number of nitrogens with two attached hydrogens (primary N) is 3. The number of hydrogen-bond donors (Lipinski definition) is 9. The van der Waals surface area contributed by atoms with Crippen LogP contribution in [0.5, 0.6) is 0 Å². The Hall–Kier alpha value is -3.30. The van der Waals surface area contributed by atoms with Gasteiger partial charge in [0.2, 0.25) is 29.5 Å². The minimum Gasteiger partial charge on any atom is -0.480 e. The third-order valence-corrected chi connectivity index (χ3v) is 3.96. The highest BCUT2D eigenvalue weighted by atomic mass is 16.4. The molecule has 4 atom stereocenters. The second kappa shape index (κ2) is 13.8. The number of carbonyl (C=O) groups is 6. The van der Waals surface area contributed by atoms with E-state index in [-0.39, 0.29) is 25.7 Å². The summed E-state index contributed by atoms with van der Waals surface area (Å²) in [7, 11) is 0. The van der Waals surface area contributed by atoms with Gasteiger partial charge in [-0.05, 0) is 12.8 Å². The zero-order valence-electron chi connectivity index (χ0n) is 16.6. The summed E-state index contributed by atoms with van der Waals surface area (Å²) in [4.78, 5) is 69.7. The molecule has 0 aliphatic rings. The van der Waals surface area contributed by atoms with Gasteiger partial charge in [-0.25, -0.2) is 4.79 Å². The highest BCUT2D eigenvalue weighted by Crippen LogP contribution is 2.03. The van der Waals surface area contributed by atoms with Gasteiger partial charge >= 0.3 is 5.97 Å². The summed E-state index contributed by atoms with van der Waals surface area (Å²) in [5.41, 5.74) is 15.3. The quantitative estimate of drug-likeness (QED) is 0.114. The zero-order valence-corrected chi connectivity index (χ0v) is 16.6. The van der Waals surface area contributed by atoms with E-state index >= 15 is 0 Å². The Morgan fingerprint density at radius 1 is 0.677 bits per heavy atom. The molecule has 0 aromatic heterocycles. The van der Waals surface area contributed by atoms with Gasteiger partial charge in [0.25, 0.3) is 0 Å². The Morgan fingerprint density at radius 3 is 1.52 bits per heavy atom. The highest BCUT2D eigenvalue weighted by molar-refractivity contribution is 5.94. The van der Waals surface area contributed by atoms with Crippen molar-refractivity contribution in [1.29, 1.82) is 0 Å². The van der Waals surface area contributed by atoms with Gasteiger partial charge in [-0.2, -0.15) is 0 Å². The number of aliphatic carboxylic acids is 1. The molecule has 5 amide bonds. The van der Waals surface area contributed by atoms with E-state index in [9.17, 15) is 39.0 Å². The summed E-state index contributed by atoms with van der Waals surface area (Å²) in [6.45, 7) is -1.62. The Bertz CT molecular complexity index is 686. The Kier molecular flexibility index (Phi) is 12.4. The van der Waals surface area contributed by atoms with Gasteiger partial charge in [-0.1, -0.05) is 0 Å². The maximum Gasteiger partial charge on any atom is 0.326 e. The maximum atomic E-state index is 12.5. The molecule has 176 valence electrons. The molecular weight excluding hydrogens is 420 g/mol. The van der Waals surface area contributed by atoms with Crippen molar-refractivity contribution in [2.75, 3.05) is 13.2 Å². The molecule has 0 bridgehead atoms. The number of aliphatic hydroxyl groups excluding tert-OH is 2. The molecule has 0 fully saturated rings. The molecule has 0 saturated carbocycles. The first-order valence-electron chi connectivity index (χ1n) is 9.10. The topological polar surface area (TPSA) is 277 Å². The van der Waals surface area contributed by atoms with Crippen molar-refractivity contribution in [3.63, 3.8) is 0 Å². The highest BCUT2D eigenvalue weighted by Gasteiger charge is 2.30. The van der Waals surface area contributed by atoms with Crippen LogP contribution in [-0.2, 0) is 28.8 Å². The number of rotatable bonds is 15. The fraction of sp³-hybridized carbons (Fsp3) is 0.625. The molecule has 0 heterocycles. The van der Waals surface area contributed by atoms with Crippen molar-refractivity contribution in [3.8, 4) is 0 Å². The molecule has 15 heteroatoms. The Balaban J connectivity index is 5.33. The SMILES string of the molecule is NC(=O)CCC(NC(=O)C(CCC(N)=O)NC(=O)C(CO)NC(=O)C(N)CO)C(=O)O. The van der Waals surface area contributed by atoms with E-state index in [1.165, 1.54) is 0 Å². The second-order valence-corrected chi connectivity index (χ2v) is 6.50. The van der Waals surface area contributed by atoms with Gasteiger partial charge < -0.3 is 48.5 Å². The van der Waals surface area contributed by atoms with E-state index < -0.39 is 72.9 Å².